The van der Waals surface area contributed by atoms with Crippen molar-refractivity contribution in [3.05, 3.63) is 39.9 Å². The minimum atomic E-state index is -0.372. The van der Waals surface area contributed by atoms with E-state index in [0.717, 1.165) is 19.3 Å². The van der Waals surface area contributed by atoms with E-state index in [0.29, 0.717) is 28.7 Å². The highest BCUT2D eigenvalue weighted by Gasteiger charge is 2.20. The minimum Gasteiger partial charge on any atom is -0.469 e. The molecular weight excluding hydrogens is 361 g/mol. The summed E-state index contributed by atoms with van der Waals surface area (Å²) in [4.78, 5) is 25.9. The minimum absolute atomic E-state index is 0.155. The van der Waals surface area contributed by atoms with Crippen molar-refractivity contribution in [2.75, 3.05) is 20.2 Å². The summed E-state index contributed by atoms with van der Waals surface area (Å²) >= 11 is 12.0. The number of carbonyl (C=O) groups is 2. The number of nitrogens with zero attached hydrogens (tertiary/aromatic N) is 1. The second-order valence-corrected chi connectivity index (χ2v) is 6.76. The van der Waals surface area contributed by atoms with Crippen molar-refractivity contribution in [3.63, 3.8) is 0 Å². The topological polar surface area (TPSA) is 46.6 Å². The molecule has 4 nitrogen and oxygen atoms in total. The molecule has 25 heavy (non-hydrogen) atoms. The van der Waals surface area contributed by atoms with E-state index >= 15 is 0 Å². The van der Waals surface area contributed by atoms with Gasteiger partial charge in [0.2, 0.25) is 5.91 Å². The summed E-state index contributed by atoms with van der Waals surface area (Å²) in [5.74, 6) is -0.848. The smallest absolute Gasteiger partial charge is 0.310 e. The Morgan fingerprint density at radius 1 is 1.28 bits per heavy atom. The maximum absolute atomic E-state index is 12.6. The van der Waals surface area contributed by atoms with Gasteiger partial charge in [-0.15, -0.1) is 0 Å². The second kappa shape index (κ2) is 11.2. The van der Waals surface area contributed by atoms with E-state index in [1.54, 1.807) is 36.1 Å². The molecule has 0 heterocycles. The van der Waals surface area contributed by atoms with E-state index in [9.17, 15) is 9.59 Å². The molecule has 138 valence electrons. The highest BCUT2D eigenvalue weighted by atomic mass is 35.5. The second-order valence-electron chi connectivity index (χ2n) is 5.91. The summed E-state index contributed by atoms with van der Waals surface area (Å²) in [5.41, 5.74) is 0.717. The van der Waals surface area contributed by atoms with Crippen molar-refractivity contribution in [2.45, 2.75) is 33.1 Å². The first-order valence-electron chi connectivity index (χ1n) is 8.38. The van der Waals surface area contributed by atoms with Crippen LogP contribution in [0.3, 0.4) is 0 Å². The quantitative estimate of drug-likeness (QED) is 0.347. The van der Waals surface area contributed by atoms with Gasteiger partial charge in [0.1, 0.15) is 0 Å². The molecule has 1 aromatic rings. The van der Waals surface area contributed by atoms with E-state index in [-0.39, 0.29) is 17.8 Å². The Morgan fingerprint density at radius 3 is 2.60 bits per heavy atom. The molecule has 6 heteroatoms. The molecule has 0 saturated carbocycles. The molecule has 0 radical (unpaired) electrons. The van der Waals surface area contributed by atoms with Crippen molar-refractivity contribution in [3.8, 4) is 0 Å². The Kier molecular flexibility index (Phi) is 9.61. The summed E-state index contributed by atoms with van der Waals surface area (Å²) in [5, 5.41) is 1.03. The standard InChI is InChI=1S/C19H25Cl2NO3/c1-4-5-6-11-22(13-14(2)19(24)25-3)18(23)10-8-15-7-9-16(20)12-17(15)21/h7-10,12,14H,4-6,11,13H2,1-3H3/b10-8+. The van der Waals surface area contributed by atoms with Crippen molar-refractivity contribution < 1.29 is 14.3 Å². The lowest BCUT2D eigenvalue weighted by Gasteiger charge is -2.24. The fraction of sp³-hybridized carbons (Fsp3) is 0.474. The van der Waals surface area contributed by atoms with Gasteiger partial charge in [0.15, 0.2) is 0 Å². The molecule has 1 atom stereocenters. The van der Waals surface area contributed by atoms with Gasteiger partial charge in [0.25, 0.3) is 0 Å². The third kappa shape index (κ3) is 7.49. The number of halogens is 2. The van der Waals surface area contributed by atoms with Gasteiger partial charge < -0.3 is 9.64 Å². The Morgan fingerprint density at radius 2 is 2.00 bits per heavy atom. The highest BCUT2D eigenvalue weighted by Crippen LogP contribution is 2.22. The summed E-state index contributed by atoms with van der Waals surface area (Å²) in [7, 11) is 1.35. The van der Waals surface area contributed by atoms with Crippen LogP contribution in [0.4, 0.5) is 0 Å². The van der Waals surface area contributed by atoms with Crippen LogP contribution in [-0.4, -0.2) is 37.0 Å². The van der Waals surface area contributed by atoms with Gasteiger partial charge in [0.05, 0.1) is 13.0 Å². The summed E-state index contributed by atoms with van der Waals surface area (Å²) < 4.78 is 4.75. The molecule has 0 spiro atoms. The van der Waals surface area contributed by atoms with Crippen LogP contribution in [0.2, 0.25) is 10.0 Å². The lowest BCUT2D eigenvalue weighted by atomic mass is 10.1. The molecule has 0 aliphatic heterocycles. The third-order valence-electron chi connectivity index (χ3n) is 3.81. The summed E-state index contributed by atoms with van der Waals surface area (Å²) in [6, 6.07) is 5.11. The van der Waals surface area contributed by atoms with Crippen LogP contribution in [0.5, 0.6) is 0 Å². The molecular formula is C19H25Cl2NO3. The summed E-state index contributed by atoms with van der Waals surface area (Å²) in [6.45, 7) is 4.79. The van der Waals surface area contributed by atoms with Crippen LogP contribution in [0, 0.1) is 5.92 Å². The Hall–Kier alpha value is -1.52. The van der Waals surface area contributed by atoms with Gasteiger partial charge in [-0.2, -0.15) is 0 Å². The van der Waals surface area contributed by atoms with Crippen LogP contribution < -0.4 is 0 Å². The zero-order valence-electron chi connectivity index (χ0n) is 14.9. The van der Waals surface area contributed by atoms with Gasteiger partial charge in [-0.3, -0.25) is 9.59 Å². The molecule has 0 saturated heterocycles. The van der Waals surface area contributed by atoms with Crippen LogP contribution in [0.15, 0.2) is 24.3 Å². The van der Waals surface area contributed by atoms with Crippen molar-refractivity contribution in [2.24, 2.45) is 5.92 Å². The number of methoxy groups -OCH3 is 1. The number of ether oxygens (including phenoxy) is 1. The van der Waals surface area contributed by atoms with E-state index in [4.69, 9.17) is 27.9 Å². The van der Waals surface area contributed by atoms with Gasteiger partial charge in [0, 0.05) is 29.2 Å². The fourth-order valence-electron chi connectivity index (χ4n) is 2.35. The maximum Gasteiger partial charge on any atom is 0.310 e. The highest BCUT2D eigenvalue weighted by molar-refractivity contribution is 6.35. The van der Waals surface area contributed by atoms with Crippen LogP contribution in [-0.2, 0) is 14.3 Å². The van der Waals surface area contributed by atoms with Gasteiger partial charge in [-0.1, -0.05) is 56.0 Å². The predicted octanol–water partition coefficient (Wildman–Crippen LogP) is 4.83. The zero-order chi connectivity index (χ0) is 18.8. The van der Waals surface area contributed by atoms with E-state index in [2.05, 4.69) is 6.92 Å². The first-order chi connectivity index (χ1) is 11.9. The van der Waals surface area contributed by atoms with E-state index in [1.165, 1.54) is 13.2 Å². The summed E-state index contributed by atoms with van der Waals surface area (Å²) in [6.07, 6.45) is 6.13. The molecule has 0 fully saturated rings. The number of hydrogen-bond donors (Lipinski definition) is 0. The molecule has 1 unspecified atom stereocenters. The van der Waals surface area contributed by atoms with E-state index < -0.39 is 0 Å². The van der Waals surface area contributed by atoms with Gasteiger partial charge in [-0.05, 0) is 30.2 Å². The fourth-order valence-corrected chi connectivity index (χ4v) is 2.83. The normalized spacial score (nSPS) is 12.2. The van der Waals surface area contributed by atoms with Gasteiger partial charge >= 0.3 is 5.97 Å². The number of hydrogen-bond acceptors (Lipinski definition) is 3. The van der Waals surface area contributed by atoms with Crippen molar-refractivity contribution in [1.82, 2.24) is 4.90 Å². The number of esters is 1. The first-order valence-corrected chi connectivity index (χ1v) is 9.14. The Labute approximate surface area is 159 Å². The van der Waals surface area contributed by atoms with Gasteiger partial charge in [-0.25, -0.2) is 0 Å². The largest absolute Gasteiger partial charge is 0.469 e. The number of carbonyl (C=O) groups excluding carboxylic acids is 2. The zero-order valence-corrected chi connectivity index (χ0v) is 16.4. The van der Waals surface area contributed by atoms with Crippen LogP contribution >= 0.6 is 23.2 Å². The monoisotopic (exact) mass is 385 g/mol. The Bertz CT molecular complexity index is 617. The van der Waals surface area contributed by atoms with Crippen LogP contribution in [0.1, 0.15) is 38.7 Å². The molecule has 1 aromatic carbocycles. The lowest BCUT2D eigenvalue weighted by Crippen LogP contribution is -2.37. The lowest BCUT2D eigenvalue weighted by molar-refractivity contribution is -0.146. The number of benzene rings is 1. The number of amides is 1. The molecule has 0 aromatic heterocycles. The molecule has 0 aliphatic carbocycles. The molecule has 1 rings (SSSR count). The van der Waals surface area contributed by atoms with Crippen LogP contribution in [0.25, 0.3) is 6.08 Å². The Balaban J connectivity index is 2.82. The molecule has 0 bridgehead atoms. The molecule has 1 amide bonds. The average Bonchev–Trinajstić information content (AvgIpc) is 2.59. The third-order valence-corrected chi connectivity index (χ3v) is 4.37. The average molecular weight is 386 g/mol. The predicted molar refractivity (Wildman–Crippen MR) is 103 cm³/mol. The first kappa shape index (κ1) is 21.5. The number of unbranched alkanes of at least 4 members (excludes halogenated alkanes) is 2. The van der Waals surface area contributed by atoms with Crippen molar-refractivity contribution in [1.29, 1.82) is 0 Å². The molecule has 0 N–H and O–H groups in total. The maximum atomic E-state index is 12.6. The molecule has 0 aliphatic rings. The van der Waals surface area contributed by atoms with Crippen molar-refractivity contribution >= 4 is 41.2 Å². The SMILES string of the molecule is CCCCCN(CC(C)C(=O)OC)C(=O)/C=C/c1ccc(Cl)cc1Cl. The van der Waals surface area contributed by atoms with E-state index in [1.807, 2.05) is 0 Å². The number of rotatable bonds is 9.